The van der Waals surface area contributed by atoms with Crippen LogP contribution in [0.5, 0.6) is 5.75 Å². The number of aromatic nitrogens is 2. The summed E-state index contributed by atoms with van der Waals surface area (Å²) in [5, 5.41) is 1.11. The third-order valence-corrected chi connectivity index (χ3v) is 3.26. The molecule has 0 radical (unpaired) electrons. The van der Waals surface area contributed by atoms with E-state index in [1.54, 1.807) is 19.4 Å². The number of nitrogens with zero attached hydrogens (tertiary/aromatic N) is 2. The van der Waals surface area contributed by atoms with Crippen molar-refractivity contribution < 1.29 is 4.74 Å². The maximum atomic E-state index is 5.83. The second-order valence-electron chi connectivity index (χ2n) is 4.51. The van der Waals surface area contributed by atoms with Crippen LogP contribution in [0.3, 0.4) is 0 Å². The topological polar surface area (TPSA) is 53.1 Å². The standard InChI is InChI=1S/C15H15N3O/c1-18-9-13(14-7-10(16)5-6-17-14)12-8-11(19-2)3-4-15(12)18/h3-9H,1-2H3,(H2,16,17). The van der Waals surface area contributed by atoms with E-state index in [-0.39, 0.29) is 0 Å². The summed E-state index contributed by atoms with van der Waals surface area (Å²) < 4.78 is 7.37. The number of nitrogen functional groups attached to an aromatic ring is 1. The number of aryl methyl sites for hydroxylation is 1. The summed E-state index contributed by atoms with van der Waals surface area (Å²) in [6.45, 7) is 0. The van der Waals surface area contributed by atoms with Crippen molar-refractivity contribution in [2.75, 3.05) is 12.8 Å². The highest BCUT2D eigenvalue weighted by atomic mass is 16.5. The maximum Gasteiger partial charge on any atom is 0.119 e. The van der Waals surface area contributed by atoms with E-state index in [1.165, 1.54) is 0 Å². The van der Waals surface area contributed by atoms with Gasteiger partial charge in [-0.2, -0.15) is 0 Å². The fraction of sp³-hybridized carbons (Fsp3) is 0.133. The van der Waals surface area contributed by atoms with Gasteiger partial charge in [0, 0.05) is 41.6 Å². The fourth-order valence-electron chi connectivity index (χ4n) is 2.30. The highest BCUT2D eigenvalue weighted by Gasteiger charge is 2.10. The molecule has 0 aliphatic carbocycles. The van der Waals surface area contributed by atoms with Crippen LogP contribution in [-0.2, 0) is 7.05 Å². The Balaban J connectivity index is 2.28. The minimum atomic E-state index is 0.713. The molecule has 0 spiro atoms. The van der Waals surface area contributed by atoms with Crippen LogP contribution < -0.4 is 10.5 Å². The number of pyridine rings is 1. The van der Waals surface area contributed by atoms with Gasteiger partial charge in [0.05, 0.1) is 12.8 Å². The van der Waals surface area contributed by atoms with Crippen LogP contribution in [0.15, 0.2) is 42.7 Å². The van der Waals surface area contributed by atoms with Gasteiger partial charge >= 0.3 is 0 Å². The van der Waals surface area contributed by atoms with E-state index in [4.69, 9.17) is 10.5 Å². The third kappa shape index (κ3) is 1.91. The molecule has 0 saturated carbocycles. The Morgan fingerprint density at radius 3 is 2.79 bits per heavy atom. The summed E-state index contributed by atoms with van der Waals surface area (Å²) in [4.78, 5) is 4.39. The average molecular weight is 253 g/mol. The average Bonchev–Trinajstić information content (AvgIpc) is 2.75. The molecule has 1 aromatic carbocycles. The third-order valence-electron chi connectivity index (χ3n) is 3.26. The minimum Gasteiger partial charge on any atom is -0.497 e. The molecule has 0 atom stereocenters. The number of hydrogen-bond donors (Lipinski definition) is 1. The van der Waals surface area contributed by atoms with Crippen molar-refractivity contribution in [3.8, 4) is 17.0 Å². The van der Waals surface area contributed by atoms with Gasteiger partial charge in [0.15, 0.2) is 0 Å². The number of fused-ring (bicyclic) bond motifs is 1. The zero-order valence-corrected chi connectivity index (χ0v) is 10.9. The molecule has 2 N–H and O–H groups in total. The van der Waals surface area contributed by atoms with E-state index in [0.717, 1.165) is 27.9 Å². The highest BCUT2D eigenvalue weighted by molar-refractivity contribution is 5.96. The molecule has 0 bridgehead atoms. The first-order chi connectivity index (χ1) is 9.19. The van der Waals surface area contributed by atoms with Gasteiger partial charge in [-0.15, -0.1) is 0 Å². The molecule has 2 heterocycles. The lowest BCUT2D eigenvalue weighted by atomic mass is 10.1. The van der Waals surface area contributed by atoms with Gasteiger partial charge in [0.25, 0.3) is 0 Å². The van der Waals surface area contributed by atoms with Gasteiger partial charge < -0.3 is 15.0 Å². The number of methoxy groups -OCH3 is 1. The second kappa shape index (κ2) is 4.31. The van der Waals surface area contributed by atoms with Crippen molar-refractivity contribution in [3.63, 3.8) is 0 Å². The first-order valence-corrected chi connectivity index (χ1v) is 6.04. The maximum absolute atomic E-state index is 5.83. The van der Waals surface area contributed by atoms with Crippen molar-refractivity contribution in [3.05, 3.63) is 42.7 Å². The molecule has 0 aliphatic rings. The lowest BCUT2D eigenvalue weighted by Crippen LogP contribution is -1.88. The zero-order chi connectivity index (χ0) is 13.4. The molecular weight excluding hydrogens is 238 g/mol. The second-order valence-corrected chi connectivity index (χ2v) is 4.51. The Morgan fingerprint density at radius 2 is 2.05 bits per heavy atom. The number of nitrogens with two attached hydrogens (primary N) is 1. The van der Waals surface area contributed by atoms with Crippen molar-refractivity contribution in [2.24, 2.45) is 7.05 Å². The molecule has 19 heavy (non-hydrogen) atoms. The molecule has 0 fully saturated rings. The van der Waals surface area contributed by atoms with E-state index >= 15 is 0 Å². The summed E-state index contributed by atoms with van der Waals surface area (Å²) in [6.07, 6.45) is 3.79. The molecule has 4 nitrogen and oxygen atoms in total. The highest BCUT2D eigenvalue weighted by Crippen LogP contribution is 2.32. The summed E-state index contributed by atoms with van der Waals surface area (Å²) in [7, 11) is 3.69. The van der Waals surface area contributed by atoms with Crippen molar-refractivity contribution >= 4 is 16.6 Å². The Labute approximate surface area is 111 Å². The SMILES string of the molecule is COc1ccc2c(c1)c(-c1cc(N)ccn1)cn2C. The molecule has 0 amide bonds. The fourth-order valence-corrected chi connectivity index (χ4v) is 2.30. The number of hydrogen-bond acceptors (Lipinski definition) is 3. The molecule has 0 unspecified atom stereocenters. The smallest absolute Gasteiger partial charge is 0.119 e. The molecule has 3 aromatic rings. The van der Waals surface area contributed by atoms with Crippen LogP contribution >= 0.6 is 0 Å². The molecular formula is C15H15N3O. The lowest BCUT2D eigenvalue weighted by molar-refractivity contribution is 0.415. The van der Waals surface area contributed by atoms with Gasteiger partial charge in [-0.1, -0.05) is 0 Å². The van der Waals surface area contributed by atoms with Gasteiger partial charge in [-0.3, -0.25) is 4.98 Å². The first-order valence-electron chi connectivity index (χ1n) is 6.04. The number of ether oxygens (including phenoxy) is 1. The first kappa shape index (κ1) is 11.6. The molecule has 96 valence electrons. The van der Waals surface area contributed by atoms with Gasteiger partial charge in [0.2, 0.25) is 0 Å². The molecule has 2 aromatic heterocycles. The van der Waals surface area contributed by atoms with Gasteiger partial charge in [0.1, 0.15) is 5.75 Å². The summed E-state index contributed by atoms with van der Waals surface area (Å²) in [6, 6.07) is 9.70. The van der Waals surface area contributed by atoms with Crippen LogP contribution in [0.4, 0.5) is 5.69 Å². The monoisotopic (exact) mass is 253 g/mol. The Bertz CT molecular complexity index is 746. The largest absolute Gasteiger partial charge is 0.497 e. The van der Waals surface area contributed by atoms with Crippen molar-refractivity contribution in [2.45, 2.75) is 0 Å². The van der Waals surface area contributed by atoms with E-state index in [2.05, 4.69) is 15.7 Å². The van der Waals surface area contributed by atoms with E-state index in [9.17, 15) is 0 Å². The summed E-state index contributed by atoms with van der Waals surface area (Å²) >= 11 is 0. The van der Waals surface area contributed by atoms with Crippen LogP contribution in [-0.4, -0.2) is 16.7 Å². The van der Waals surface area contributed by atoms with E-state index < -0.39 is 0 Å². The normalized spacial score (nSPS) is 10.8. The van der Waals surface area contributed by atoms with E-state index in [0.29, 0.717) is 5.69 Å². The Morgan fingerprint density at radius 1 is 1.21 bits per heavy atom. The summed E-state index contributed by atoms with van der Waals surface area (Å²) in [5.74, 6) is 0.837. The minimum absolute atomic E-state index is 0.713. The predicted molar refractivity (Wildman–Crippen MR) is 77.1 cm³/mol. The Kier molecular flexibility index (Phi) is 2.63. The Hall–Kier alpha value is -2.49. The number of rotatable bonds is 2. The lowest BCUT2D eigenvalue weighted by Gasteiger charge is -2.02. The number of anilines is 1. The zero-order valence-electron chi connectivity index (χ0n) is 10.9. The molecule has 3 rings (SSSR count). The van der Waals surface area contributed by atoms with Crippen molar-refractivity contribution in [1.29, 1.82) is 0 Å². The molecule has 0 saturated heterocycles. The predicted octanol–water partition coefficient (Wildman–Crippen LogP) is 2.83. The number of benzene rings is 1. The molecule has 0 aliphatic heterocycles. The van der Waals surface area contributed by atoms with Crippen LogP contribution in [0.2, 0.25) is 0 Å². The quantitative estimate of drug-likeness (QED) is 0.764. The van der Waals surface area contributed by atoms with Crippen LogP contribution in [0.1, 0.15) is 0 Å². The van der Waals surface area contributed by atoms with E-state index in [1.807, 2.05) is 31.3 Å². The summed E-state index contributed by atoms with van der Waals surface area (Å²) in [5.41, 5.74) is 9.62. The van der Waals surface area contributed by atoms with Crippen LogP contribution in [0, 0.1) is 0 Å². The van der Waals surface area contributed by atoms with Crippen molar-refractivity contribution in [1.82, 2.24) is 9.55 Å². The van der Waals surface area contributed by atoms with Crippen LogP contribution in [0.25, 0.3) is 22.2 Å². The van der Waals surface area contributed by atoms with Gasteiger partial charge in [-0.25, -0.2) is 0 Å². The molecule has 4 heteroatoms. The van der Waals surface area contributed by atoms with Gasteiger partial charge in [-0.05, 0) is 30.3 Å².